The third-order valence-electron chi connectivity index (χ3n) is 2.88. The van der Waals surface area contributed by atoms with Crippen LogP contribution in [0.4, 0.5) is 13.2 Å². The van der Waals surface area contributed by atoms with Crippen molar-refractivity contribution in [1.29, 1.82) is 0 Å². The van der Waals surface area contributed by atoms with E-state index in [0.29, 0.717) is 13.0 Å². The van der Waals surface area contributed by atoms with Gasteiger partial charge in [0, 0.05) is 24.0 Å². The molecule has 1 aromatic carbocycles. The first-order valence-electron chi connectivity index (χ1n) is 5.80. The van der Waals surface area contributed by atoms with Crippen molar-refractivity contribution in [2.24, 2.45) is 5.73 Å². The smallest absolute Gasteiger partial charge is 0.326 e. The SMILES string of the molecule is N[C@@H]1CCN(S(=O)(=O)c2ccc(SC(F)(F)F)cc2)C1. The Morgan fingerprint density at radius 3 is 2.30 bits per heavy atom. The van der Waals surface area contributed by atoms with Crippen LogP contribution >= 0.6 is 11.8 Å². The Morgan fingerprint density at radius 1 is 1.25 bits per heavy atom. The van der Waals surface area contributed by atoms with Crippen LogP contribution in [0.2, 0.25) is 0 Å². The van der Waals surface area contributed by atoms with Crippen LogP contribution in [0.1, 0.15) is 6.42 Å². The van der Waals surface area contributed by atoms with Gasteiger partial charge in [0.25, 0.3) is 0 Å². The molecule has 1 aliphatic rings. The van der Waals surface area contributed by atoms with E-state index in [0.717, 1.165) is 12.1 Å². The summed E-state index contributed by atoms with van der Waals surface area (Å²) in [5, 5.41) is 0. The number of benzene rings is 1. The molecule has 4 nitrogen and oxygen atoms in total. The molecule has 1 aliphatic heterocycles. The Hall–Kier alpha value is -0.770. The normalized spacial score (nSPS) is 21.3. The molecule has 20 heavy (non-hydrogen) atoms. The zero-order chi connectivity index (χ0) is 15.0. The minimum absolute atomic E-state index is 0.0156. The van der Waals surface area contributed by atoms with Gasteiger partial charge in [-0.1, -0.05) is 0 Å². The topological polar surface area (TPSA) is 63.4 Å². The number of hydrogen-bond acceptors (Lipinski definition) is 4. The summed E-state index contributed by atoms with van der Waals surface area (Å²) in [5.41, 5.74) is 1.27. The third-order valence-corrected chi connectivity index (χ3v) is 5.50. The van der Waals surface area contributed by atoms with E-state index in [-0.39, 0.29) is 34.1 Å². The molecule has 2 rings (SSSR count). The van der Waals surface area contributed by atoms with Crippen molar-refractivity contribution < 1.29 is 21.6 Å². The van der Waals surface area contributed by atoms with Crippen LogP contribution < -0.4 is 5.73 Å². The maximum Gasteiger partial charge on any atom is 0.446 e. The summed E-state index contributed by atoms with van der Waals surface area (Å²) in [6.07, 6.45) is 0.585. The molecule has 0 radical (unpaired) electrons. The Bertz CT molecular complexity index is 572. The summed E-state index contributed by atoms with van der Waals surface area (Å²) in [4.78, 5) is -0.0623. The van der Waals surface area contributed by atoms with Crippen LogP contribution in [0, 0.1) is 0 Å². The zero-order valence-electron chi connectivity index (χ0n) is 10.3. The van der Waals surface area contributed by atoms with Gasteiger partial charge < -0.3 is 5.73 Å². The minimum atomic E-state index is -4.39. The molecule has 1 heterocycles. The molecule has 1 atom stereocenters. The highest BCUT2D eigenvalue weighted by Crippen LogP contribution is 2.37. The largest absolute Gasteiger partial charge is 0.446 e. The molecule has 2 N–H and O–H groups in total. The Morgan fingerprint density at radius 2 is 1.85 bits per heavy atom. The molecule has 112 valence electrons. The molecule has 0 unspecified atom stereocenters. The first kappa shape index (κ1) is 15.6. The molecular formula is C11H13F3N2O2S2. The summed E-state index contributed by atoms with van der Waals surface area (Å²) < 4.78 is 62.3. The van der Waals surface area contributed by atoms with Crippen molar-refractivity contribution >= 4 is 21.8 Å². The molecule has 1 saturated heterocycles. The lowest BCUT2D eigenvalue weighted by atomic mass is 10.3. The second-order valence-electron chi connectivity index (χ2n) is 4.43. The van der Waals surface area contributed by atoms with Gasteiger partial charge in [0.1, 0.15) is 0 Å². The second kappa shape index (κ2) is 5.55. The lowest BCUT2D eigenvalue weighted by Crippen LogP contribution is -2.31. The van der Waals surface area contributed by atoms with Gasteiger partial charge in [-0.3, -0.25) is 0 Å². The Labute approximate surface area is 119 Å². The van der Waals surface area contributed by atoms with E-state index < -0.39 is 15.5 Å². The number of hydrogen-bond donors (Lipinski definition) is 1. The van der Waals surface area contributed by atoms with Crippen molar-refractivity contribution in [3.05, 3.63) is 24.3 Å². The molecule has 1 aromatic rings. The predicted octanol–water partition coefficient (Wildman–Crippen LogP) is 2.02. The lowest BCUT2D eigenvalue weighted by molar-refractivity contribution is -0.0328. The highest BCUT2D eigenvalue weighted by atomic mass is 32.2. The van der Waals surface area contributed by atoms with E-state index in [2.05, 4.69) is 0 Å². The maximum absolute atomic E-state index is 12.2. The van der Waals surface area contributed by atoms with E-state index >= 15 is 0 Å². The quantitative estimate of drug-likeness (QED) is 0.863. The van der Waals surface area contributed by atoms with E-state index in [1.165, 1.54) is 16.4 Å². The number of halogens is 3. The first-order valence-corrected chi connectivity index (χ1v) is 8.06. The molecule has 0 aromatic heterocycles. The van der Waals surface area contributed by atoms with E-state index in [4.69, 9.17) is 5.73 Å². The molecule has 0 saturated carbocycles. The predicted molar refractivity (Wildman–Crippen MR) is 69.7 cm³/mol. The van der Waals surface area contributed by atoms with E-state index in [9.17, 15) is 21.6 Å². The molecule has 0 bridgehead atoms. The monoisotopic (exact) mass is 326 g/mol. The van der Waals surface area contributed by atoms with Gasteiger partial charge in [0.2, 0.25) is 10.0 Å². The number of sulfonamides is 1. The molecule has 0 amide bonds. The van der Waals surface area contributed by atoms with Crippen molar-refractivity contribution in [1.82, 2.24) is 4.31 Å². The average Bonchev–Trinajstić information content (AvgIpc) is 2.75. The number of alkyl halides is 3. The first-order chi connectivity index (χ1) is 9.18. The summed E-state index contributed by atoms with van der Waals surface area (Å²) >= 11 is -0.276. The van der Waals surface area contributed by atoms with Crippen LogP contribution in [0.3, 0.4) is 0 Å². The van der Waals surface area contributed by atoms with Crippen LogP contribution in [-0.4, -0.2) is 37.4 Å². The fourth-order valence-electron chi connectivity index (χ4n) is 1.93. The molecule has 0 aliphatic carbocycles. The van der Waals surface area contributed by atoms with Crippen molar-refractivity contribution in [2.45, 2.75) is 27.8 Å². The van der Waals surface area contributed by atoms with Gasteiger partial charge in [-0.15, -0.1) is 0 Å². The number of thioether (sulfide) groups is 1. The third kappa shape index (κ3) is 3.66. The molecule has 9 heteroatoms. The Balaban J connectivity index is 2.17. The minimum Gasteiger partial charge on any atom is -0.326 e. The van der Waals surface area contributed by atoms with Gasteiger partial charge >= 0.3 is 5.51 Å². The van der Waals surface area contributed by atoms with Crippen LogP contribution in [0.25, 0.3) is 0 Å². The lowest BCUT2D eigenvalue weighted by Gasteiger charge is -2.16. The van der Waals surface area contributed by atoms with Gasteiger partial charge in [-0.2, -0.15) is 17.5 Å². The van der Waals surface area contributed by atoms with E-state index in [1.807, 2.05) is 0 Å². The fourth-order valence-corrected chi connectivity index (χ4v) is 3.99. The van der Waals surface area contributed by atoms with Crippen LogP contribution in [-0.2, 0) is 10.0 Å². The Kier molecular flexibility index (Phi) is 4.33. The molecular weight excluding hydrogens is 313 g/mol. The van der Waals surface area contributed by atoms with Gasteiger partial charge in [0.15, 0.2) is 0 Å². The van der Waals surface area contributed by atoms with Gasteiger partial charge in [-0.05, 0) is 42.4 Å². The average molecular weight is 326 g/mol. The van der Waals surface area contributed by atoms with Crippen molar-refractivity contribution in [3.8, 4) is 0 Å². The van der Waals surface area contributed by atoms with Crippen molar-refractivity contribution in [3.63, 3.8) is 0 Å². The fraction of sp³-hybridized carbons (Fsp3) is 0.455. The van der Waals surface area contributed by atoms with Crippen LogP contribution in [0.15, 0.2) is 34.1 Å². The highest BCUT2D eigenvalue weighted by Gasteiger charge is 2.32. The van der Waals surface area contributed by atoms with Gasteiger partial charge in [0.05, 0.1) is 4.90 Å². The zero-order valence-corrected chi connectivity index (χ0v) is 11.9. The number of nitrogens with zero attached hydrogens (tertiary/aromatic N) is 1. The number of rotatable bonds is 3. The highest BCUT2D eigenvalue weighted by molar-refractivity contribution is 8.00. The standard InChI is InChI=1S/C11H13F3N2O2S2/c12-11(13,14)19-9-1-3-10(4-2-9)20(17,18)16-6-5-8(15)7-16/h1-4,8H,5-7,15H2/t8-/m1/s1. The maximum atomic E-state index is 12.2. The summed E-state index contributed by atoms with van der Waals surface area (Å²) in [6.45, 7) is 0.573. The van der Waals surface area contributed by atoms with Crippen molar-refractivity contribution in [2.75, 3.05) is 13.1 Å². The summed E-state index contributed by atoms with van der Waals surface area (Å²) in [6, 6.07) is 4.49. The van der Waals surface area contributed by atoms with Crippen LogP contribution in [0.5, 0.6) is 0 Å². The molecule has 0 spiro atoms. The van der Waals surface area contributed by atoms with Gasteiger partial charge in [-0.25, -0.2) is 8.42 Å². The molecule has 1 fully saturated rings. The van der Waals surface area contributed by atoms with E-state index in [1.54, 1.807) is 0 Å². The summed E-state index contributed by atoms with van der Waals surface area (Å²) in [7, 11) is -3.67. The number of nitrogens with two attached hydrogens (primary N) is 1. The summed E-state index contributed by atoms with van der Waals surface area (Å²) in [5.74, 6) is 0. The second-order valence-corrected chi connectivity index (χ2v) is 7.51.